The van der Waals surface area contributed by atoms with Crippen molar-refractivity contribution in [1.82, 2.24) is 14.7 Å². The molecule has 6 heteroatoms. The van der Waals surface area contributed by atoms with E-state index in [0.717, 1.165) is 23.6 Å². The summed E-state index contributed by atoms with van der Waals surface area (Å²) in [6, 6.07) is 9.64. The van der Waals surface area contributed by atoms with Crippen LogP contribution in [0.3, 0.4) is 0 Å². The van der Waals surface area contributed by atoms with Crippen molar-refractivity contribution >= 4 is 5.91 Å². The minimum Gasteiger partial charge on any atom is -0.497 e. The van der Waals surface area contributed by atoms with Gasteiger partial charge in [-0.15, -0.1) is 0 Å². The van der Waals surface area contributed by atoms with Gasteiger partial charge in [0.25, 0.3) is 0 Å². The maximum atomic E-state index is 12.8. The molecule has 0 N–H and O–H groups in total. The van der Waals surface area contributed by atoms with Crippen LogP contribution in [0, 0.1) is 5.92 Å². The molecule has 1 unspecified atom stereocenters. The normalized spacial score (nSPS) is 17.0. The Kier molecular flexibility index (Phi) is 5.71. The Morgan fingerprint density at radius 2 is 2.04 bits per heavy atom. The predicted octanol–water partition coefficient (Wildman–Crippen LogP) is 2.13. The molecule has 2 aromatic rings. The van der Waals surface area contributed by atoms with Crippen LogP contribution in [0.1, 0.15) is 18.2 Å². The Balaban J connectivity index is 1.71. The number of aromatic nitrogens is 2. The molecular formula is C19H25N3O3. The van der Waals surface area contributed by atoms with Gasteiger partial charge >= 0.3 is 0 Å². The fourth-order valence-electron chi connectivity index (χ4n) is 3.14. The zero-order chi connectivity index (χ0) is 17.6. The third-order valence-corrected chi connectivity index (χ3v) is 4.49. The van der Waals surface area contributed by atoms with Crippen LogP contribution in [0.15, 0.2) is 36.5 Å². The second kappa shape index (κ2) is 8.16. The second-order valence-electron chi connectivity index (χ2n) is 6.33. The fourth-order valence-corrected chi connectivity index (χ4v) is 3.14. The number of amides is 1. The molecule has 0 bridgehead atoms. The Morgan fingerprint density at radius 1 is 1.24 bits per heavy atom. The molecule has 134 valence electrons. The van der Waals surface area contributed by atoms with Crippen LogP contribution in [0.4, 0.5) is 0 Å². The minimum absolute atomic E-state index is 0.126. The molecule has 0 saturated heterocycles. The third kappa shape index (κ3) is 4.39. The van der Waals surface area contributed by atoms with Gasteiger partial charge in [-0.3, -0.25) is 9.48 Å². The van der Waals surface area contributed by atoms with Crippen LogP contribution in [0.25, 0.3) is 0 Å². The lowest BCUT2D eigenvalue weighted by Crippen LogP contribution is -2.36. The molecular weight excluding hydrogens is 318 g/mol. The molecule has 1 amide bonds. The Hall–Kier alpha value is -2.34. The molecule has 0 radical (unpaired) electrons. The number of hydrogen-bond donors (Lipinski definition) is 0. The first-order valence-corrected chi connectivity index (χ1v) is 8.68. The van der Waals surface area contributed by atoms with E-state index in [0.29, 0.717) is 32.7 Å². The molecule has 0 aliphatic carbocycles. The van der Waals surface area contributed by atoms with Gasteiger partial charge in [-0.2, -0.15) is 5.10 Å². The van der Waals surface area contributed by atoms with Crippen molar-refractivity contribution in [3.63, 3.8) is 0 Å². The SMILES string of the molecule is CCOCC1CN(C(=O)Cc2ccc(OC)cc2)Cc2ccnn2C1. The van der Waals surface area contributed by atoms with Crippen molar-refractivity contribution in [2.24, 2.45) is 5.92 Å². The van der Waals surface area contributed by atoms with Crippen LogP contribution in [-0.2, 0) is 29.0 Å². The van der Waals surface area contributed by atoms with E-state index in [4.69, 9.17) is 9.47 Å². The number of rotatable bonds is 6. The maximum Gasteiger partial charge on any atom is 0.227 e. The van der Waals surface area contributed by atoms with E-state index >= 15 is 0 Å². The fraction of sp³-hybridized carbons (Fsp3) is 0.474. The summed E-state index contributed by atoms with van der Waals surface area (Å²) >= 11 is 0. The molecule has 1 aliphatic heterocycles. The Morgan fingerprint density at radius 3 is 2.76 bits per heavy atom. The number of ether oxygens (including phenoxy) is 2. The average molecular weight is 343 g/mol. The summed E-state index contributed by atoms with van der Waals surface area (Å²) in [4.78, 5) is 14.8. The highest BCUT2D eigenvalue weighted by Crippen LogP contribution is 2.18. The predicted molar refractivity (Wildman–Crippen MR) is 94.3 cm³/mol. The highest BCUT2D eigenvalue weighted by Gasteiger charge is 2.25. The van der Waals surface area contributed by atoms with E-state index in [1.165, 1.54) is 0 Å². The highest BCUT2D eigenvalue weighted by atomic mass is 16.5. The van der Waals surface area contributed by atoms with E-state index in [2.05, 4.69) is 5.10 Å². The van der Waals surface area contributed by atoms with Crippen molar-refractivity contribution < 1.29 is 14.3 Å². The summed E-state index contributed by atoms with van der Waals surface area (Å²) in [5.41, 5.74) is 2.06. The van der Waals surface area contributed by atoms with Gasteiger partial charge in [-0.25, -0.2) is 0 Å². The summed E-state index contributed by atoms with van der Waals surface area (Å²) in [5.74, 6) is 1.17. The van der Waals surface area contributed by atoms with E-state index < -0.39 is 0 Å². The van der Waals surface area contributed by atoms with Crippen LogP contribution >= 0.6 is 0 Å². The molecule has 1 aromatic carbocycles. The van der Waals surface area contributed by atoms with Crippen LogP contribution in [0.2, 0.25) is 0 Å². The Labute approximate surface area is 148 Å². The first-order chi connectivity index (χ1) is 12.2. The standard InChI is InChI=1S/C19H25N3O3/c1-3-25-14-16-11-21(13-17-8-9-20-22(17)12-16)19(23)10-15-4-6-18(24-2)7-5-15/h4-9,16H,3,10-14H2,1-2H3. The van der Waals surface area contributed by atoms with Gasteiger partial charge in [-0.1, -0.05) is 12.1 Å². The average Bonchev–Trinajstić information content (AvgIpc) is 2.98. The van der Waals surface area contributed by atoms with Crippen molar-refractivity contribution in [3.05, 3.63) is 47.8 Å². The van der Waals surface area contributed by atoms with Gasteiger partial charge in [0.15, 0.2) is 0 Å². The van der Waals surface area contributed by atoms with E-state index in [1.54, 1.807) is 13.3 Å². The van der Waals surface area contributed by atoms with Gasteiger partial charge in [0, 0.05) is 31.8 Å². The number of hydrogen-bond acceptors (Lipinski definition) is 4. The summed E-state index contributed by atoms with van der Waals surface area (Å²) in [7, 11) is 1.64. The zero-order valence-corrected chi connectivity index (χ0v) is 14.9. The maximum absolute atomic E-state index is 12.8. The van der Waals surface area contributed by atoms with Crippen molar-refractivity contribution in [1.29, 1.82) is 0 Å². The number of fused-ring (bicyclic) bond motifs is 1. The molecule has 1 atom stereocenters. The Bertz CT molecular complexity index is 696. The van der Waals surface area contributed by atoms with E-state index in [1.807, 2.05) is 46.8 Å². The molecule has 3 rings (SSSR count). The molecule has 1 aliphatic rings. The molecule has 1 aromatic heterocycles. The smallest absolute Gasteiger partial charge is 0.227 e. The molecule has 0 saturated carbocycles. The monoisotopic (exact) mass is 343 g/mol. The first kappa shape index (κ1) is 17.5. The topological polar surface area (TPSA) is 56.6 Å². The summed E-state index contributed by atoms with van der Waals surface area (Å²) in [6.45, 7) is 5.39. The largest absolute Gasteiger partial charge is 0.497 e. The molecule has 2 heterocycles. The molecule has 25 heavy (non-hydrogen) atoms. The highest BCUT2D eigenvalue weighted by molar-refractivity contribution is 5.78. The van der Waals surface area contributed by atoms with Gasteiger partial charge in [0.1, 0.15) is 5.75 Å². The minimum atomic E-state index is 0.126. The summed E-state index contributed by atoms with van der Waals surface area (Å²) in [6.07, 6.45) is 2.18. The van der Waals surface area contributed by atoms with Crippen molar-refractivity contribution in [3.8, 4) is 5.75 Å². The lowest BCUT2D eigenvalue weighted by atomic mass is 10.1. The van der Waals surface area contributed by atoms with Gasteiger partial charge in [0.2, 0.25) is 5.91 Å². The number of carbonyl (C=O) groups excluding carboxylic acids is 1. The van der Waals surface area contributed by atoms with Crippen molar-refractivity contribution in [2.45, 2.75) is 26.4 Å². The lowest BCUT2D eigenvalue weighted by Gasteiger charge is -2.24. The molecule has 6 nitrogen and oxygen atoms in total. The first-order valence-electron chi connectivity index (χ1n) is 8.68. The summed E-state index contributed by atoms with van der Waals surface area (Å²) in [5, 5.41) is 4.38. The zero-order valence-electron chi connectivity index (χ0n) is 14.9. The van der Waals surface area contributed by atoms with Crippen LogP contribution in [-0.4, -0.2) is 47.5 Å². The number of carbonyl (C=O) groups is 1. The van der Waals surface area contributed by atoms with Gasteiger partial charge in [-0.05, 0) is 30.7 Å². The van der Waals surface area contributed by atoms with E-state index in [9.17, 15) is 4.79 Å². The number of nitrogens with zero attached hydrogens (tertiary/aromatic N) is 3. The quantitative estimate of drug-likeness (QED) is 0.806. The second-order valence-corrected chi connectivity index (χ2v) is 6.33. The lowest BCUT2D eigenvalue weighted by molar-refractivity contribution is -0.131. The molecule has 0 fully saturated rings. The van der Waals surface area contributed by atoms with Crippen LogP contribution < -0.4 is 4.74 Å². The van der Waals surface area contributed by atoms with Gasteiger partial charge < -0.3 is 14.4 Å². The molecule has 0 spiro atoms. The third-order valence-electron chi connectivity index (χ3n) is 4.49. The summed E-state index contributed by atoms with van der Waals surface area (Å²) < 4.78 is 12.8. The van der Waals surface area contributed by atoms with Gasteiger partial charge in [0.05, 0.1) is 32.4 Å². The van der Waals surface area contributed by atoms with E-state index in [-0.39, 0.29) is 11.8 Å². The van der Waals surface area contributed by atoms with Crippen LogP contribution in [0.5, 0.6) is 5.75 Å². The van der Waals surface area contributed by atoms with Crippen molar-refractivity contribution in [2.75, 3.05) is 26.9 Å². The number of methoxy groups -OCH3 is 1. The number of benzene rings is 1.